The van der Waals surface area contributed by atoms with Gasteiger partial charge in [0.2, 0.25) is 15.9 Å². The van der Waals surface area contributed by atoms with Gasteiger partial charge in [-0.05, 0) is 55.3 Å². The van der Waals surface area contributed by atoms with Crippen molar-refractivity contribution in [2.75, 3.05) is 30.3 Å². The Morgan fingerprint density at radius 2 is 2.00 bits per heavy atom. The average molecular weight is 440 g/mol. The summed E-state index contributed by atoms with van der Waals surface area (Å²) in [5, 5.41) is 14.3. The summed E-state index contributed by atoms with van der Waals surface area (Å²) in [7, 11) is -3.85. The third-order valence-corrected chi connectivity index (χ3v) is 7.12. The van der Waals surface area contributed by atoms with Crippen molar-refractivity contribution in [2.45, 2.75) is 17.7 Å². The number of carbonyl (C=O) groups excluding carboxylic acids is 2. The summed E-state index contributed by atoms with van der Waals surface area (Å²) in [6, 6.07) is 12.8. The third kappa shape index (κ3) is 4.38. The smallest absolute Gasteiger partial charge is 0.262 e. The summed E-state index contributed by atoms with van der Waals surface area (Å²) >= 11 is 0. The van der Waals surface area contributed by atoms with Crippen molar-refractivity contribution >= 4 is 33.2 Å². The number of rotatable bonds is 4. The molecule has 0 bridgehead atoms. The Bertz CT molecular complexity index is 1170. The van der Waals surface area contributed by atoms with Crippen LogP contribution in [0.3, 0.4) is 0 Å². The minimum atomic E-state index is -3.85. The molecule has 2 heterocycles. The molecule has 2 amide bonds. The van der Waals surface area contributed by atoms with Crippen molar-refractivity contribution in [3.8, 4) is 11.8 Å². The molecule has 2 aliphatic heterocycles. The summed E-state index contributed by atoms with van der Waals surface area (Å²) in [4.78, 5) is 24.3. The van der Waals surface area contributed by atoms with Crippen LogP contribution in [0.4, 0.5) is 11.4 Å². The predicted octanol–water partition coefficient (Wildman–Crippen LogP) is 1.93. The first kappa shape index (κ1) is 20.8. The molecule has 4 rings (SSSR count). The first-order chi connectivity index (χ1) is 14.9. The normalized spacial score (nSPS) is 18.8. The van der Waals surface area contributed by atoms with Crippen LogP contribution in [0.15, 0.2) is 47.4 Å². The van der Waals surface area contributed by atoms with E-state index in [0.717, 1.165) is 0 Å². The van der Waals surface area contributed by atoms with Crippen LogP contribution in [0, 0.1) is 17.2 Å². The van der Waals surface area contributed by atoms with E-state index in [1.807, 2.05) is 6.07 Å². The second kappa shape index (κ2) is 8.37. The van der Waals surface area contributed by atoms with E-state index in [9.17, 15) is 18.0 Å². The molecule has 0 aromatic heterocycles. The van der Waals surface area contributed by atoms with Gasteiger partial charge >= 0.3 is 0 Å². The number of nitrogens with one attached hydrogen (secondary N) is 2. The Labute approximate surface area is 179 Å². The van der Waals surface area contributed by atoms with Crippen LogP contribution < -0.4 is 15.4 Å². The van der Waals surface area contributed by atoms with Gasteiger partial charge in [0.15, 0.2) is 6.61 Å². The first-order valence-electron chi connectivity index (χ1n) is 9.75. The highest BCUT2D eigenvalue weighted by Crippen LogP contribution is 2.32. The van der Waals surface area contributed by atoms with Gasteiger partial charge in [0, 0.05) is 18.8 Å². The number of hydrogen-bond acceptors (Lipinski definition) is 6. The van der Waals surface area contributed by atoms with Crippen molar-refractivity contribution in [1.82, 2.24) is 4.31 Å². The fourth-order valence-corrected chi connectivity index (χ4v) is 5.17. The van der Waals surface area contributed by atoms with Crippen molar-refractivity contribution < 1.29 is 22.7 Å². The van der Waals surface area contributed by atoms with Crippen molar-refractivity contribution in [3.05, 3.63) is 48.0 Å². The Morgan fingerprint density at radius 3 is 2.74 bits per heavy atom. The van der Waals surface area contributed by atoms with Crippen LogP contribution in [0.5, 0.6) is 5.75 Å². The molecule has 0 saturated carbocycles. The zero-order valence-electron chi connectivity index (χ0n) is 16.5. The van der Waals surface area contributed by atoms with E-state index in [4.69, 9.17) is 10.00 Å². The number of benzene rings is 2. The first-order valence-corrected chi connectivity index (χ1v) is 11.2. The molecular formula is C21H20N4O5S. The summed E-state index contributed by atoms with van der Waals surface area (Å²) < 4.78 is 32.9. The largest absolute Gasteiger partial charge is 0.482 e. The number of amides is 2. The summed E-state index contributed by atoms with van der Waals surface area (Å²) in [5.74, 6) is -0.702. The molecule has 2 N–H and O–H groups in total. The van der Waals surface area contributed by atoms with Crippen molar-refractivity contribution in [3.63, 3.8) is 0 Å². The summed E-state index contributed by atoms with van der Waals surface area (Å²) in [6.07, 6.45) is 1.12. The molecule has 31 heavy (non-hydrogen) atoms. The zero-order valence-corrected chi connectivity index (χ0v) is 17.3. The molecule has 1 saturated heterocycles. The number of fused-ring (bicyclic) bond motifs is 1. The van der Waals surface area contributed by atoms with Gasteiger partial charge in [-0.3, -0.25) is 9.59 Å². The monoisotopic (exact) mass is 440 g/mol. The molecule has 160 valence electrons. The van der Waals surface area contributed by atoms with Crippen LogP contribution in [-0.2, 0) is 19.6 Å². The van der Waals surface area contributed by atoms with E-state index < -0.39 is 15.9 Å². The number of piperidine rings is 1. The highest BCUT2D eigenvalue weighted by molar-refractivity contribution is 7.89. The molecule has 1 fully saturated rings. The maximum atomic E-state index is 13.2. The van der Waals surface area contributed by atoms with E-state index >= 15 is 0 Å². The molecule has 9 nitrogen and oxygen atoms in total. The number of sulfonamides is 1. The van der Waals surface area contributed by atoms with E-state index in [2.05, 4.69) is 10.6 Å². The lowest BCUT2D eigenvalue weighted by molar-refractivity contribution is -0.121. The number of ether oxygens (including phenoxy) is 1. The molecule has 2 aromatic carbocycles. The second-order valence-electron chi connectivity index (χ2n) is 7.38. The van der Waals surface area contributed by atoms with Crippen LogP contribution in [-0.4, -0.2) is 44.2 Å². The molecule has 2 aromatic rings. The SMILES string of the molecule is N#Cc1ccc(NC(=O)C2CCCN(S(=O)(=O)c3ccc4c(c3)NC(=O)CO4)C2)cc1. The Hall–Kier alpha value is -3.42. The number of nitriles is 1. The molecule has 10 heteroatoms. The van der Waals surface area contributed by atoms with Gasteiger partial charge in [-0.25, -0.2) is 8.42 Å². The van der Waals surface area contributed by atoms with Crippen LogP contribution in [0.1, 0.15) is 18.4 Å². The van der Waals surface area contributed by atoms with Gasteiger partial charge < -0.3 is 15.4 Å². The molecule has 0 spiro atoms. The van der Waals surface area contributed by atoms with Gasteiger partial charge in [-0.15, -0.1) is 0 Å². The predicted molar refractivity (Wildman–Crippen MR) is 112 cm³/mol. The Balaban J connectivity index is 1.48. The van der Waals surface area contributed by atoms with E-state index in [1.165, 1.54) is 22.5 Å². The molecule has 1 unspecified atom stereocenters. The Morgan fingerprint density at radius 1 is 1.23 bits per heavy atom. The summed E-state index contributed by atoms with van der Waals surface area (Å²) in [6.45, 7) is 0.258. The van der Waals surface area contributed by atoms with Gasteiger partial charge in [0.05, 0.1) is 28.1 Å². The topological polar surface area (TPSA) is 129 Å². The third-order valence-electron chi connectivity index (χ3n) is 5.26. The van der Waals surface area contributed by atoms with E-state index in [-0.39, 0.29) is 29.9 Å². The molecule has 1 atom stereocenters. The maximum Gasteiger partial charge on any atom is 0.262 e. The average Bonchev–Trinajstić information content (AvgIpc) is 2.79. The lowest BCUT2D eigenvalue weighted by Crippen LogP contribution is -2.43. The van der Waals surface area contributed by atoms with Gasteiger partial charge in [-0.1, -0.05) is 0 Å². The van der Waals surface area contributed by atoms with E-state index in [0.29, 0.717) is 42.1 Å². The molecule has 0 aliphatic carbocycles. The lowest BCUT2D eigenvalue weighted by atomic mass is 9.98. The number of anilines is 2. The minimum Gasteiger partial charge on any atom is -0.482 e. The van der Waals surface area contributed by atoms with Gasteiger partial charge in [0.25, 0.3) is 5.91 Å². The molecular weight excluding hydrogens is 420 g/mol. The highest BCUT2D eigenvalue weighted by atomic mass is 32.2. The quantitative estimate of drug-likeness (QED) is 0.748. The van der Waals surface area contributed by atoms with Crippen molar-refractivity contribution in [2.24, 2.45) is 5.92 Å². The minimum absolute atomic E-state index is 0.0326. The standard InChI is InChI=1S/C21H20N4O5S/c22-11-14-3-5-16(6-4-14)23-21(27)15-2-1-9-25(12-15)31(28,29)17-7-8-19-18(10-17)24-20(26)13-30-19/h3-8,10,15H,1-2,9,12-13H2,(H,23,27)(H,24,26). The lowest BCUT2D eigenvalue weighted by Gasteiger charge is -2.31. The van der Waals surface area contributed by atoms with E-state index in [1.54, 1.807) is 24.3 Å². The Kier molecular flexibility index (Phi) is 5.63. The number of hydrogen-bond donors (Lipinski definition) is 2. The summed E-state index contributed by atoms with van der Waals surface area (Å²) in [5.41, 5.74) is 1.35. The zero-order chi connectivity index (χ0) is 22.0. The van der Waals surface area contributed by atoms with Gasteiger partial charge in [0.1, 0.15) is 5.75 Å². The van der Waals surface area contributed by atoms with Crippen LogP contribution in [0.2, 0.25) is 0 Å². The highest BCUT2D eigenvalue weighted by Gasteiger charge is 2.34. The van der Waals surface area contributed by atoms with Crippen LogP contribution in [0.25, 0.3) is 0 Å². The van der Waals surface area contributed by atoms with Gasteiger partial charge in [-0.2, -0.15) is 9.57 Å². The molecule has 2 aliphatic rings. The second-order valence-corrected chi connectivity index (χ2v) is 9.31. The number of nitrogens with zero attached hydrogens (tertiary/aromatic N) is 2. The number of carbonyl (C=O) groups is 2. The molecule has 0 radical (unpaired) electrons. The maximum absolute atomic E-state index is 13.2. The fourth-order valence-electron chi connectivity index (χ4n) is 3.62. The van der Waals surface area contributed by atoms with Crippen molar-refractivity contribution in [1.29, 1.82) is 5.26 Å². The fraction of sp³-hybridized carbons (Fsp3) is 0.286. The van der Waals surface area contributed by atoms with Crippen LogP contribution >= 0.6 is 0 Å².